The second-order valence-corrected chi connectivity index (χ2v) is 4.46. The van der Waals surface area contributed by atoms with Gasteiger partial charge in [-0.2, -0.15) is 0 Å². The summed E-state index contributed by atoms with van der Waals surface area (Å²) in [4.78, 5) is 30.9. The average molecular weight is 257 g/mol. The molecule has 0 aromatic carbocycles. The van der Waals surface area contributed by atoms with Gasteiger partial charge in [0.1, 0.15) is 0 Å². The molecule has 0 fully saturated rings. The Morgan fingerprint density at radius 3 is 1.72 bits per heavy atom. The van der Waals surface area contributed by atoms with Crippen molar-refractivity contribution in [3.05, 3.63) is 12.2 Å². The van der Waals surface area contributed by atoms with Crippen LogP contribution in [0.1, 0.15) is 33.6 Å². The second-order valence-electron chi connectivity index (χ2n) is 4.46. The minimum Gasteiger partial charge on any atom is -0.370 e. The van der Waals surface area contributed by atoms with Crippen LogP contribution in [-0.2, 0) is 14.4 Å². The lowest BCUT2D eigenvalue weighted by Crippen LogP contribution is -2.24. The van der Waals surface area contributed by atoms with E-state index in [2.05, 4.69) is 6.58 Å². The van der Waals surface area contributed by atoms with Gasteiger partial charge in [0.25, 0.3) is 0 Å². The molecule has 0 saturated heterocycles. The molecule has 0 radical (unpaired) electrons. The van der Waals surface area contributed by atoms with E-state index in [1.54, 1.807) is 13.8 Å². The van der Waals surface area contributed by atoms with Gasteiger partial charge in [-0.25, -0.2) is 0 Å². The molecule has 0 aliphatic heterocycles. The fourth-order valence-electron chi connectivity index (χ4n) is 1.15. The molecule has 104 valence electrons. The summed E-state index contributed by atoms with van der Waals surface area (Å²) in [5.74, 6) is -1.15. The summed E-state index contributed by atoms with van der Waals surface area (Å²) in [6.07, 6.45) is 0.940. The molecule has 0 aromatic heterocycles. The van der Waals surface area contributed by atoms with Crippen molar-refractivity contribution in [2.24, 2.45) is 29.0 Å². The number of rotatable bonds is 6. The van der Waals surface area contributed by atoms with Gasteiger partial charge in [0.05, 0.1) is 0 Å². The number of carbonyl (C=O) groups is 3. The Morgan fingerprint density at radius 2 is 1.50 bits per heavy atom. The lowest BCUT2D eigenvalue weighted by molar-refractivity contribution is -0.123. The Morgan fingerprint density at radius 1 is 1.11 bits per heavy atom. The summed E-state index contributed by atoms with van der Waals surface area (Å²) < 4.78 is 0. The van der Waals surface area contributed by atoms with Crippen LogP contribution in [0.15, 0.2) is 12.2 Å². The molecule has 6 N–H and O–H groups in total. The topological polar surface area (TPSA) is 129 Å². The van der Waals surface area contributed by atoms with E-state index in [4.69, 9.17) is 17.2 Å². The minimum absolute atomic E-state index is 0.130. The summed E-state index contributed by atoms with van der Waals surface area (Å²) in [6, 6.07) is 0. The first-order chi connectivity index (χ1) is 8.07. The van der Waals surface area contributed by atoms with E-state index in [9.17, 15) is 14.4 Å². The van der Waals surface area contributed by atoms with Crippen molar-refractivity contribution < 1.29 is 14.4 Å². The average Bonchev–Trinajstić information content (AvgIpc) is 2.16. The molecule has 6 nitrogen and oxygen atoms in total. The summed E-state index contributed by atoms with van der Waals surface area (Å²) in [5.41, 5.74) is 15.1. The molecule has 0 aliphatic carbocycles. The van der Waals surface area contributed by atoms with Gasteiger partial charge < -0.3 is 17.2 Å². The maximum Gasteiger partial charge on any atom is 0.243 e. The van der Waals surface area contributed by atoms with Crippen LogP contribution in [0.3, 0.4) is 0 Å². The van der Waals surface area contributed by atoms with E-state index in [-0.39, 0.29) is 23.7 Å². The molecule has 0 aromatic rings. The second kappa shape index (κ2) is 9.21. The molecule has 0 saturated carbocycles. The lowest BCUT2D eigenvalue weighted by Gasteiger charge is -2.12. The quantitative estimate of drug-likeness (QED) is 0.581. The molecule has 0 rings (SSSR count). The first-order valence-corrected chi connectivity index (χ1v) is 5.60. The maximum atomic E-state index is 10.6. The largest absolute Gasteiger partial charge is 0.370 e. The molecule has 0 spiro atoms. The highest BCUT2D eigenvalue weighted by Crippen LogP contribution is 2.13. The smallest absolute Gasteiger partial charge is 0.243 e. The monoisotopic (exact) mass is 257 g/mol. The van der Waals surface area contributed by atoms with Gasteiger partial charge in [-0.1, -0.05) is 20.4 Å². The summed E-state index contributed by atoms with van der Waals surface area (Å²) >= 11 is 0. The zero-order chi connectivity index (χ0) is 14.9. The van der Waals surface area contributed by atoms with Crippen LogP contribution in [0.25, 0.3) is 0 Å². The van der Waals surface area contributed by atoms with Gasteiger partial charge in [-0.15, -0.1) is 0 Å². The van der Waals surface area contributed by atoms with E-state index in [0.29, 0.717) is 18.4 Å². The highest BCUT2D eigenvalue weighted by atomic mass is 16.2. The fourth-order valence-corrected chi connectivity index (χ4v) is 1.15. The van der Waals surface area contributed by atoms with Crippen LogP contribution in [-0.4, -0.2) is 17.7 Å². The lowest BCUT2D eigenvalue weighted by atomic mass is 9.94. The van der Waals surface area contributed by atoms with Crippen LogP contribution in [0.4, 0.5) is 0 Å². The third-order valence-corrected chi connectivity index (χ3v) is 2.21. The van der Waals surface area contributed by atoms with Gasteiger partial charge in [-0.3, -0.25) is 14.4 Å². The van der Waals surface area contributed by atoms with E-state index >= 15 is 0 Å². The number of nitrogens with two attached hydrogens (primary N) is 3. The third kappa shape index (κ3) is 12.2. The summed E-state index contributed by atoms with van der Waals surface area (Å²) in [7, 11) is 0. The molecular weight excluding hydrogens is 234 g/mol. The van der Waals surface area contributed by atoms with Gasteiger partial charge in [0.2, 0.25) is 17.7 Å². The first-order valence-electron chi connectivity index (χ1n) is 5.60. The van der Waals surface area contributed by atoms with Crippen LogP contribution < -0.4 is 17.2 Å². The number of carbonyl (C=O) groups excluding carboxylic acids is 3. The molecular formula is C12H23N3O3. The predicted molar refractivity (Wildman–Crippen MR) is 70.0 cm³/mol. The van der Waals surface area contributed by atoms with E-state index in [1.807, 2.05) is 6.92 Å². The molecule has 2 atom stereocenters. The predicted octanol–water partition coefficient (Wildman–Crippen LogP) is 0.0572. The Bertz CT molecular complexity index is 315. The van der Waals surface area contributed by atoms with Crippen molar-refractivity contribution >= 4 is 17.7 Å². The molecule has 6 heteroatoms. The molecule has 0 heterocycles. The molecule has 0 bridgehead atoms. The fraction of sp³-hybridized carbons (Fsp3) is 0.583. The molecule has 0 aliphatic rings. The summed E-state index contributed by atoms with van der Waals surface area (Å²) in [5, 5.41) is 0. The van der Waals surface area contributed by atoms with Crippen molar-refractivity contribution in [2.45, 2.75) is 33.6 Å². The van der Waals surface area contributed by atoms with Crippen LogP contribution >= 0.6 is 0 Å². The van der Waals surface area contributed by atoms with Gasteiger partial charge >= 0.3 is 0 Å². The van der Waals surface area contributed by atoms with E-state index in [1.165, 1.54) is 0 Å². The zero-order valence-corrected chi connectivity index (χ0v) is 11.2. The minimum atomic E-state index is -0.435. The maximum absolute atomic E-state index is 10.6. The third-order valence-electron chi connectivity index (χ3n) is 2.21. The SMILES string of the molecule is C=C(C)C(N)=O.CC(CC(N)=O)CC(C)C(N)=O. The van der Waals surface area contributed by atoms with E-state index in [0.717, 1.165) is 0 Å². The van der Waals surface area contributed by atoms with Crippen LogP contribution in [0, 0.1) is 11.8 Å². The number of primary amides is 3. The number of amides is 3. The Labute approximate surface area is 108 Å². The first kappa shape index (κ1) is 18.5. The highest BCUT2D eigenvalue weighted by Gasteiger charge is 2.14. The Balaban J connectivity index is 0. The van der Waals surface area contributed by atoms with Gasteiger partial charge in [0, 0.05) is 17.9 Å². The van der Waals surface area contributed by atoms with Crippen molar-refractivity contribution in [1.29, 1.82) is 0 Å². The standard InChI is InChI=1S/C8H16N2O2.C4H7NO/c1-5(4-7(9)11)3-6(2)8(10)12;1-3(2)4(5)6/h5-6H,3-4H2,1-2H3,(H2,9,11)(H2,10,12);1H2,2H3,(H2,5,6). The van der Waals surface area contributed by atoms with Crippen molar-refractivity contribution in [3.63, 3.8) is 0 Å². The number of hydrogen-bond acceptors (Lipinski definition) is 3. The molecule has 2 unspecified atom stereocenters. The summed E-state index contributed by atoms with van der Waals surface area (Å²) in [6.45, 7) is 8.48. The van der Waals surface area contributed by atoms with E-state index < -0.39 is 5.91 Å². The van der Waals surface area contributed by atoms with Crippen molar-refractivity contribution in [3.8, 4) is 0 Å². The normalized spacial score (nSPS) is 12.6. The zero-order valence-electron chi connectivity index (χ0n) is 11.2. The van der Waals surface area contributed by atoms with Gasteiger partial charge in [0.15, 0.2) is 0 Å². The highest BCUT2D eigenvalue weighted by molar-refractivity contribution is 5.90. The van der Waals surface area contributed by atoms with Gasteiger partial charge in [-0.05, 0) is 19.3 Å². The number of hydrogen-bond donors (Lipinski definition) is 3. The van der Waals surface area contributed by atoms with Crippen LogP contribution in [0.2, 0.25) is 0 Å². The van der Waals surface area contributed by atoms with Crippen LogP contribution in [0.5, 0.6) is 0 Å². The Kier molecular flexibility index (Phi) is 9.47. The molecule has 3 amide bonds. The van der Waals surface area contributed by atoms with Crippen molar-refractivity contribution in [2.75, 3.05) is 0 Å². The Hall–Kier alpha value is -1.85. The van der Waals surface area contributed by atoms with Crippen molar-refractivity contribution in [1.82, 2.24) is 0 Å². The molecule has 18 heavy (non-hydrogen) atoms.